The van der Waals surface area contributed by atoms with E-state index < -0.39 is 0 Å². The fraction of sp³-hybridized carbons (Fsp3) is 0.727. The number of nitrogens with zero attached hydrogens (tertiary/aromatic N) is 1. The van der Waals surface area contributed by atoms with Crippen LogP contribution in [-0.4, -0.2) is 29.7 Å². The van der Waals surface area contributed by atoms with Crippen molar-refractivity contribution in [1.29, 1.82) is 0 Å². The van der Waals surface area contributed by atoms with E-state index in [1.54, 1.807) is 6.33 Å². The highest BCUT2D eigenvalue weighted by atomic mass is 16.5. The van der Waals surface area contributed by atoms with Crippen molar-refractivity contribution in [3.63, 3.8) is 0 Å². The third-order valence-corrected chi connectivity index (χ3v) is 2.56. The lowest BCUT2D eigenvalue weighted by atomic mass is 10.4. The van der Waals surface area contributed by atoms with Crippen LogP contribution in [0.1, 0.15) is 25.0 Å². The Hall–Kier alpha value is -0.870. The van der Waals surface area contributed by atoms with Gasteiger partial charge < -0.3 is 15.0 Å². The highest BCUT2D eigenvalue weighted by molar-refractivity contribution is 4.92. The average molecular weight is 209 g/mol. The van der Waals surface area contributed by atoms with Crippen molar-refractivity contribution >= 4 is 0 Å². The number of nitrogens with one attached hydrogen (secondary N) is 2. The smallest absolute Gasteiger partial charge is 0.0922 e. The van der Waals surface area contributed by atoms with Crippen molar-refractivity contribution < 1.29 is 4.74 Å². The lowest BCUT2D eigenvalue weighted by molar-refractivity contribution is 0.122. The monoisotopic (exact) mass is 209 g/mol. The molecule has 2 N–H and O–H groups in total. The molecular weight excluding hydrogens is 190 g/mol. The quantitative estimate of drug-likeness (QED) is 0.635. The molecule has 1 aromatic heterocycles. The molecule has 0 aromatic carbocycles. The first kappa shape index (κ1) is 10.6. The summed E-state index contributed by atoms with van der Waals surface area (Å²) in [5.41, 5.74) is 1.13. The van der Waals surface area contributed by atoms with Gasteiger partial charge in [0.2, 0.25) is 0 Å². The Kier molecular flexibility index (Phi) is 4.17. The Bertz CT molecular complexity index is 257. The maximum atomic E-state index is 5.53. The van der Waals surface area contributed by atoms with Gasteiger partial charge in [0.25, 0.3) is 0 Å². The largest absolute Gasteiger partial charge is 0.381 e. The lowest BCUT2D eigenvalue weighted by Crippen LogP contribution is -2.16. The van der Waals surface area contributed by atoms with Crippen molar-refractivity contribution in [2.75, 3.05) is 19.8 Å². The molecule has 1 aliphatic rings. The fourth-order valence-corrected chi connectivity index (χ4v) is 1.44. The summed E-state index contributed by atoms with van der Waals surface area (Å²) in [4.78, 5) is 7.01. The molecule has 0 saturated heterocycles. The van der Waals surface area contributed by atoms with Gasteiger partial charge in [-0.25, -0.2) is 4.98 Å². The summed E-state index contributed by atoms with van der Waals surface area (Å²) in [6, 6.07) is 0. The fourth-order valence-electron chi connectivity index (χ4n) is 1.44. The van der Waals surface area contributed by atoms with E-state index in [9.17, 15) is 0 Å². The van der Waals surface area contributed by atoms with Crippen LogP contribution in [0.2, 0.25) is 0 Å². The molecular formula is C11H19N3O. The second-order valence-electron chi connectivity index (χ2n) is 4.13. The Balaban J connectivity index is 1.38. The molecule has 0 amide bonds. The van der Waals surface area contributed by atoms with Crippen molar-refractivity contribution in [2.24, 2.45) is 5.92 Å². The molecule has 4 nitrogen and oxygen atoms in total. The summed E-state index contributed by atoms with van der Waals surface area (Å²) in [6.07, 6.45) is 7.38. The molecule has 0 radical (unpaired) electrons. The van der Waals surface area contributed by atoms with Gasteiger partial charge in [-0.1, -0.05) is 0 Å². The Labute approximate surface area is 90.4 Å². The summed E-state index contributed by atoms with van der Waals surface area (Å²) in [6.45, 7) is 3.72. The maximum Gasteiger partial charge on any atom is 0.0922 e. The molecule has 4 heteroatoms. The summed E-state index contributed by atoms with van der Waals surface area (Å²) in [5, 5.41) is 3.34. The van der Waals surface area contributed by atoms with Crippen molar-refractivity contribution in [3.8, 4) is 0 Å². The first-order valence-electron chi connectivity index (χ1n) is 5.71. The van der Waals surface area contributed by atoms with Gasteiger partial charge in [0.1, 0.15) is 0 Å². The van der Waals surface area contributed by atoms with Gasteiger partial charge in [0.05, 0.1) is 6.33 Å². The van der Waals surface area contributed by atoms with E-state index in [-0.39, 0.29) is 0 Å². The second kappa shape index (κ2) is 5.88. The maximum absolute atomic E-state index is 5.53. The number of hydrogen-bond donors (Lipinski definition) is 2. The third kappa shape index (κ3) is 4.44. The highest BCUT2D eigenvalue weighted by Gasteiger charge is 2.20. The normalized spacial score (nSPS) is 15.7. The summed E-state index contributed by atoms with van der Waals surface area (Å²) in [7, 11) is 0. The number of aromatic amines is 1. The number of aromatic nitrogens is 2. The standard InChI is InChI=1S/C11H19N3O/c1(5-15-8-10-2-3-10)4-12-6-11-7-13-9-14-11/h7,9-10,12H,1-6,8H2,(H,13,14). The summed E-state index contributed by atoms with van der Waals surface area (Å²) >= 11 is 0. The molecule has 2 rings (SSSR count). The summed E-state index contributed by atoms with van der Waals surface area (Å²) < 4.78 is 5.53. The number of H-pyrrole nitrogens is 1. The molecule has 0 atom stereocenters. The second-order valence-corrected chi connectivity index (χ2v) is 4.13. The Morgan fingerprint density at radius 2 is 2.47 bits per heavy atom. The zero-order valence-corrected chi connectivity index (χ0v) is 9.04. The first-order valence-corrected chi connectivity index (χ1v) is 5.71. The predicted octanol–water partition coefficient (Wildman–Crippen LogP) is 1.32. The topological polar surface area (TPSA) is 49.9 Å². The van der Waals surface area contributed by atoms with Crippen LogP contribution in [0.4, 0.5) is 0 Å². The van der Waals surface area contributed by atoms with Crippen LogP contribution >= 0.6 is 0 Å². The van der Waals surface area contributed by atoms with Crippen LogP contribution in [0.5, 0.6) is 0 Å². The minimum absolute atomic E-state index is 0.864. The molecule has 84 valence electrons. The lowest BCUT2D eigenvalue weighted by Gasteiger charge is -2.04. The van der Waals surface area contributed by atoms with Gasteiger partial charge in [-0.3, -0.25) is 0 Å². The van der Waals surface area contributed by atoms with Gasteiger partial charge >= 0.3 is 0 Å². The zero-order chi connectivity index (χ0) is 10.3. The number of hydrogen-bond acceptors (Lipinski definition) is 3. The van der Waals surface area contributed by atoms with Gasteiger partial charge in [0.15, 0.2) is 0 Å². The van der Waals surface area contributed by atoms with Crippen LogP contribution in [0.15, 0.2) is 12.5 Å². The molecule has 1 saturated carbocycles. The molecule has 1 aromatic rings. The number of ether oxygens (including phenoxy) is 1. The van der Waals surface area contributed by atoms with Gasteiger partial charge in [-0.05, 0) is 31.7 Å². The Morgan fingerprint density at radius 3 is 3.20 bits per heavy atom. The van der Waals surface area contributed by atoms with E-state index in [1.165, 1.54) is 12.8 Å². The van der Waals surface area contributed by atoms with Crippen LogP contribution in [0.3, 0.4) is 0 Å². The molecule has 0 spiro atoms. The minimum Gasteiger partial charge on any atom is -0.381 e. The van der Waals surface area contributed by atoms with E-state index in [1.807, 2.05) is 6.20 Å². The molecule has 1 aliphatic carbocycles. The Morgan fingerprint density at radius 1 is 1.53 bits per heavy atom. The molecule has 1 fully saturated rings. The minimum atomic E-state index is 0.864. The van der Waals surface area contributed by atoms with Crippen molar-refractivity contribution in [2.45, 2.75) is 25.8 Å². The van der Waals surface area contributed by atoms with Crippen molar-refractivity contribution in [1.82, 2.24) is 15.3 Å². The van der Waals surface area contributed by atoms with Crippen LogP contribution < -0.4 is 5.32 Å². The van der Waals surface area contributed by atoms with E-state index in [0.29, 0.717) is 0 Å². The van der Waals surface area contributed by atoms with Gasteiger partial charge in [0, 0.05) is 31.6 Å². The SMILES string of the molecule is c1ncc(CNCCCOCC2CC2)[nH]1. The summed E-state index contributed by atoms with van der Waals surface area (Å²) in [5.74, 6) is 0.878. The zero-order valence-electron chi connectivity index (χ0n) is 9.04. The van der Waals surface area contributed by atoms with E-state index >= 15 is 0 Å². The van der Waals surface area contributed by atoms with Crippen molar-refractivity contribution in [3.05, 3.63) is 18.2 Å². The third-order valence-electron chi connectivity index (χ3n) is 2.56. The number of imidazole rings is 1. The average Bonchev–Trinajstić information content (AvgIpc) is 2.92. The predicted molar refractivity (Wildman–Crippen MR) is 58.5 cm³/mol. The van der Waals surface area contributed by atoms with Gasteiger partial charge in [-0.2, -0.15) is 0 Å². The van der Waals surface area contributed by atoms with E-state index in [0.717, 1.165) is 44.3 Å². The van der Waals surface area contributed by atoms with E-state index in [2.05, 4.69) is 15.3 Å². The molecule has 0 bridgehead atoms. The molecule has 1 heterocycles. The molecule has 15 heavy (non-hydrogen) atoms. The van der Waals surface area contributed by atoms with Crippen LogP contribution in [-0.2, 0) is 11.3 Å². The van der Waals surface area contributed by atoms with Crippen LogP contribution in [0, 0.1) is 5.92 Å². The highest BCUT2D eigenvalue weighted by Crippen LogP contribution is 2.28. The van der Waals surface area contributed by atoms with Crippen LogP contribution in [0.25, 0.3) is 0 Å². The first-order chi connectivity index (χ1) is 7.45. The molecule has 0 unspecified atom stereocenters. The number of rotatable bonds is 8. The van der Waals surface area contributed by atoms with E-state index in [4.69, 9.17) is 4.74 Å². The molecule has 0 aliphatic heterocycles. The van der Waals surface area contributed by atoms with Gasteiger partial charge in [-0.15, -0.1) is 0 Å².